The van der Waals surface area contributed by atoms with Gasteiger partial charge in [-0.2, -0.15) is 0 Å². The van der Waals surface area contributed by atoms with Crippen LogP contribution >= 0.6 is 0 Å². The molecule has 27 heavy (non-hydrogen) atoms. The minimum atomic E-state index is -0.264. The van der Waals surface area contributed by atoms with Crippen LogP contribution in [0.1, 0.15) is 36.9 Å². The molecule has 0 radical (unpaired) electrons. The number of carbonyl (C=O) groups is 1. The number of amides is 2. The highest BCUT2D eigenvalue weighted by Crippen LogP contribution is 2.20. The van der Waals surface area contributed by atoms with Crippen LogP contribution in [0.4, 0.5) is 9.18 Å². The summed E-state index contributed by atoms with van der Waals surface area (Å²) in [5.41, 5.74) is 2.25. The fourth-order valence-corrected chi connectivity index (χ4v) is 3.49. The van der Waals surface area contributed by atoms with Crippen molar-refractivity contribution < 1.29 is 9.18 Å². The summed E-state index contributed by atoms with van der Waals surface area (Å²) < 4.78 is 13.1. The normalized spacial score (nSPS) is 16.7. The highest BCUT2D eigenvalue weighted by molar-refractivity contribution is 5.74. The van der Waals surface area contributed by atoms with Gasteiger partial charge in [-0.15, -0.1) is 0 Å². The Hall–Kier alpha value is -2.40. The summed E-state index contributed by atoms with van der Waals surface area (Å²) in [7, 11) is 1.79. The molecule has 1 aliphatic rings. The summed E-state index contributed by atoms with van der Waals surface area (Å²) in [5.74, 6) is -0.264. The molecule has 2 aromatic rings. The third kappa shape index (κ3) is 5.30. The van der Waals surface area contributed by atoms with Crippen molar-refractivity contribution in [2.24, 2.45) is 0 Å². The molecule has 5 heteroatoms. The second kappa shape index (κ2) is 9.00. The summed E-state index contributed by atoms with van der Waals surface area (Å²) in [6.07, 6.45) is 1.91. The quantitative estimate of drug-likeness (QED) is 0.858. The van der Waals surface area contributed by atoms with Crippen molar-refractivity contribution in [3.63, 3.8) is 0 Å². The van der Waals surface area contributed by atoms with Crippen molar-refractivity contribution in [2.45, 2.75) is 38.4 Å². The first-order valence-electron chi connectivity index (χ1n) is 9.58. The SMILES string of the molecule is C[C@@H](c1ccc(F)cc1)N(C)C(=O)NC1CCN(Cc2ccccc2)CC1. The first kappa shape index (κ1) is 19.4. The average molecular weight is 369 g/mol. The predicted octanol–water partition coefficient (Wildman–Crippen LogP) is 4.19. The summed E-state index contributed by atoms with van der Waals surface area (Å²) >= 11 is 0. The summed E-state index contributed by atoms with van der Waals surface area (Å²) in [6.45, 7) is 4.88. The van der Waals surface area contributed by atoms with Crippen LogP contribution in [0.2, 0.25) is 0 Å². The van der Waals surface area contributed by atoms with Gasteiger partial charge in [-0.3, -0.25) is 4.90 Å². The Bertz CT molecular complexity index is 727. The predicted molar refractivity (Wildman–Crippen MR) is 106 cm³/mol. The number of benzene rings is 2. The summed E-state index contributed by atoms with van der Waals surface area (Å²) in [5, 5.41) is 3.15. The van der Waals surface area contributed by atoms with Crippen molar-refractivity contribution >= 4 is 6.03 Å². The maximum Gasteiger partial charge on any atom is 0.317 e. The van der Waals surface area contributed by atoms with Gasteiger partial charge in [0.15, 0.2) is 0 Å². The number of likely N-dealkylation sites (tertiary alicyclic amines) is 1. The molecule has 1 saturated heterocycles. The number of hydrogen-bond acceptors (Lipinski definition) is 2. The molecular weight excluding hydrogens is 341 g/mol. The van der Waals surface area contributed by atoms with Crippen molar-refractivity contribution in [1.29, 1.82) is 0 Å². The molecule has 2 amide bonds. The standard InChI is InChI=1S/C22H28FN3O/c1-17(19-8-10-20(23)11-9-19)25(2)22(27)24-21-12-14-26(15-13-21)16-18-6-4-3-5-7-18/h3-11,17,21H,12-16H2,1-2H3,(H,24,27)/t17-/m0/s1. The molecule has 0 unspecified atom stereocenters. The van der Waals surface area contributed by atoms with E-state index in [1.807, 2.05) is 13.0 Å². The Kier molecular flexibility index (Phi) is 6.45. The van der Waals surface area contributed by atoms with Crippen LogP contribution in [0.25, 0.3) is 0 Å². The monoisotopic (exact) mass is 369 g/mol. The molecule has 4 nitrogen and oxygen atoms in total. The Labute approximate surface area is 161 Å². The number of rotatable bonds is 5. The van der Waals surface area contributed by atoms with Gasteiger partial charge in [0.1, 0.15) is 5.82 Å². The largest absolute Gasteiger partial charge is 0.335 e. The average Bonchev–Trinajstić information content (AvgIpc) is 2.69. The van der Waals surface area contributed by atoms with Crippen molar-refractivity contribution in [2.75, 3.05) is 20.1 Å². The highest BCUT2D eigenvalue weighted by Gasteiger charge is 2.24. The van der Waals surface area contributed by atoms with E-state index < -0.39 is 0 Å². The summed E-state index contributed by atoms with van der Waals surface area (Å²) in [4.78, 5) is 16.7. The Morgan fingerprint density at radius 1 is 1.15 bits per heavy atom. The lowest BCUT2D eigenvalue weighted by Crippen LogP contribution is -2.48. The molecule has 0 spiro atoms. The molecule has 0 bridgehead atoms. The third-order valence-corrected chi connectivity index (χ3v) is 5.42. The van der Waals surface area contributed by atoms with E-state index in [1.165, 1.54) is 17.7 Å². The third-order valence-electron chi connectivity index (χ3n) is 5.42. The molecule has 1 fully saturated rings. The minimum Gasteiger partial charge on any atom is -0.335 e. The van der Waals surface area contributed by atoms with E-state index in [1.54, 1.807) is 24.1 Å². The van der Waals surface area contributed by atoms with Gasteiger partial charge in [0.05, 0.1) is 6.04 Å². The molecule has 2 aromatic carbocycles. The zero-order valence-corrected chi connectivity index (χ0v) is 16.1. The van der Waals surface area contributed by atoms with E-state index in [9.17, 15) is 9.18 Å². The first-order valence-corrected chi connectivity index (χ1v) is 9.58. The first-order chi connectivity index (χ1) is 13.0. The zero-order chi connectivity index (χ0) is 19.2. The zero-order valence-electron chi connectivity index (χ0n) is 16.1. The van der Waals surface area contributed by atoms with Crippen LogP contribution in [-0.2, 0) is 6.54 Å². The van der Waals surface area contributed by atoms with Gasteiger partial charge in [-0.1, -0.05) is 42.5 Å². The van der Waals surface area contributed by atoms with Crippen LogP contribution < -0.4 is 5.32 Å². The van der Waals surface area contributed by atoms with Crippen LogP contribution in [0.5, 0.6) is 0 Å². The molecular formula is C22H28FN3O. The fourth-order valence-electron chi connectivity index (χ4n) is 3.49. The molecule has 1 N–H and O–H groups in total. The van der Waals surface area contributed by atoms with Gasteiger partial charge in [-0.25, -0.2) is 9.18 Å². The van der Waals surface area contributed by atoms with Crippen LogP contribution in [0, 0.1) is 5.82 Å². The number of halogens is 1. The number of piperidine rings is 1. The molecule has 144 valence electrons. The van der Waals surface area contributed by atoms with E-state index in [4.69, 9.17) is 0 Å². The maximum atomic E-state index is 13.1. The van der Waals surface area contributed by atoms with E-state index in [2.05, 4.69) is 34.5 Å². The minimum absolute atomic E-state index is 0.0756. The second-order valence-corrected chi connectivity index (χ2v) is 7.32. The molecule has 1 aliphatic heterocycles. The number of nitrogens with one attached hydrogen (secondary N) is 1. The van der Waals surface area contributed by atoms with E-state index >= 15 is 0 Å². The lowest BCUT2D eigenvalue weighted by atomic mass is 10.0. The van der Waals surface area contributed by atoms with Crippen molar-refractivity contribution in [3.8, 4) is 0 Å². The molecule has 1 heterocycles. The van der Waals surface area contributed by atoms with Gasteiger partial charge in [0.25, 0.3) is 0 Å². The Balaban J connectivity index is 1.46. The number of urea groups is 1. The molecule has 0 saturated carbocycles. The van der Waals surface area contributed by atoms with Crippen LogP contribution in [0.15, 0.2) is 54.6 Å². The molecule has 1 atom stereocenters. The smallest absolute Gasteiger partial charge is 0.317 e. The highest BCUT2D eigenvalue weighted by atomic mass is 19.1. The fraction of sp³-hybridized carbons (Fsp3) is 0.409. The number of hydrogen-bond donors (Lipinski definition) is 1. The Morgan fingerprint density at radius 3 is 2.41 bits per heavy atom. The van der Waals surface area contributed by atoms with Crippen molar-refractivity contribution in [1.82, 2.24) is 15.1 Å². The van der Waals surface area contributed by atoms with Gasteiger partial charge >= 0.3 is 6.03 Å². The maximum absolute atomic E-state index is 13.1. The lowest BCUT2D eigenvalue weighted by Gasteiger charge is -2.34. The Morgan fingerprint density at radius 2 is 1.78 bits per heavy atom. The van der Waals surface area contributed by atoms with Gasteiger partial charge in [-0.05, 0) is 43.0 Å². The van der Waals surface area contributed by atoms with Gasteiger partial charge < -0.3 is 10.2 Å². The van der Waals surface area contributed by atoms with E-state index in [-0.39, 0.29) is 23.9 Å². The van der Waals surface area contributed by atoms with Crippen LogP contribution in [0.3, 0.4) is 0 Å². The van der Waals surface area contributed by atoms with Gasteiger partial charge in [0.2, 0.25) is 0 Å². The number of carbonyl (C=O) groups excluding carboxylic acids is 1. The number of nitrogens with zero attached hydrogens (tertiary/aromatic N) is 2. The van der Waals surface area contributed by atoms with E-state index in [0.717, 1.165) is 38.0 Å². The summed E-state index contributed by atoms with van der Waals surface area (Å²) in [6, 6.07) is 16.8. The van der Waals surface area contributed by atoms with E-state index in [0.29, 0.717) is 0 Å². The topological polar surface area (TPSA) is 35.6 Å². The second-order valence-electron chi connectivity index (χ2n) is 7.32. The van der Waals surface area contributed by atoms with Gasteiger partial charge in [0, 0.05) is 32.7 Å². The molecule has 0 aliphatic carbocycles. The van der Waals surface area contributed by atoms with Crippen molar-refractivity contribution in [3.05, 3.63) is 71.5 Å². The molecule has 0 aromatic heterocycles. The molecule has 3 rings (SSSR count). The van der Waals surface area contributed by atoms with Crippen LogP contribution in [-0.4, -0.2) is 42.0 Å². The lowest BCUT2D eigenvalue weighted by molar-refractivity contribution is 0.167.